The van der Waals surface area contributed by atoms with E-state index in [9.17, 15) is 4.79 Å². The number of nitrogens with zero attached hydrogens (tertiary/aromatic N) is 2. The molecule has 0 saturated carbocycles. The number of hydrogen-bond acceptors (Lipinski definition) is 8. The third-order valence-electron chi connectivity index (χ3n) is 2.92. The largest absolute Gasteiger partial charge is 0.462 e. The summed E-state index contributed by atoms with van der Waals surface area (Å²) in [6.45, 7) is 5.69. The predicted octanol–water partition coefficient (Wildman–Crippen LogP) is 1.39. The van der Waals surface area contributed by atoms with Crippen LogP contribution in [0.2, 0.25) is 0 Å². The number of nitrogen functional groups attached to an aromatic ring is 1. The molecule has 0 aromatic carbocycles. The molecule has 0 aliphatic heterocycles. The van der Waals surface area contributed by atoms with Gasteiger partial charge in [-0.25, -0.2) is 4.79 Å². The minimum Gasteiger partial charge on any atom is -0.462 e. The number of ether oxygens (including phenoxy) is 3. The van der Waals surface area contributed by atoms with Crippen LogP contribution in [0, 0.1) is 0 Å². The van der Waals surface area contributed by atoms with Crippen LogP contribution in [0.3, 0.4) is 0 Å². The molecule has 0 amide bonds. The number of anilines is 2. The van der Waals surface area contributed by atoms with Gasteiger partial charge in [0.15, 0.2) is 5.82 Å². The number of methoxy groups -OCH3 is 2. The standard InChI is InChI=1S/C13H23N3O4S/c1-5-20-13(17)10-11(14)15-21-12(10)16(6-7-18-3)9(2)8-19-4/h9H,5-8H2,1-4H3,(H2,14,15). The Labute approximate surface area is 129 Å². The predicted molar refractivity (Wildman–Crippen MR) is 83.0 cm³/mol. The summed E-state index contributed by atoms with van der Waals surface area (Å²) in [4.78, 5) is 14.1. The first kappa shape index (κ1) is 17.7. The van der Waals surface area contributed by atoms with E-state index in [4.69, 9.17) is 19.9 Å². The van der Waals surface area contributed by atoms with Gasteiger partial charge in [-0.3, -0.25) is 0 Å². The van der Waals surface area contributed by atoms with Gasteiger partial charge in [-0.05, 0) is 25.4 Å². The second-order valence-corrected chi connectivity index (χ2v) is 5.21. The highest BCUT2D eigenvalue weighted by molar-refractivity contribution is 7.11. The van der Waals surface area contributed by atoms with Crippen molar-refractivity contribution in [3.63, 3.8) is 0 Å². The molecule has 21 heavy (non-hydrogen) atoms. The Balaban J connectivity index is 3.09. The zero-order valence-electron chi connectivity index (χ0n) is 12.9. The SMILES string of the molecule is CCOC(=O)c1c(N)nsc1N(CCOC)C(C)COC. The van der Waals surface area contributed by atoms with Crippen LogP contribution >= 0.6 is 11.5 Å². The van der Waals surface area contributed by atoms with Crippen molar-refractivity contribution < 1.29 is 19.0 Å². The smallest absolute Gasteiger partial charge is 0.345 e. The molecule has 1 aromatic heterocycles. The zero-order valence-corrected chi connectivity index (χ0v) is 13.7. The van der Waals surface area contributed by atoms with Crippen molar-refractivity contribution in [2.75, 3.05) is 51.2 Å². The highest BCUT2D eigenvalue weighted by atomic mass is 32.1. The quantitative estimate of drug-likeness (QED) is 0.689. The van der Waals surface area contributed by atoms with Crippen LogP contribution < -0.4 is 10.6 Å². The topological polar surface area (TPSA) is 86.9 Å². The van der Waals surface area contributed by atoms with Crippen molar-refractivity contribution in [2.24, 2.45) is 0 Å². The fourth-order valence-electron chi connectivity index (χ4n) is 1.93. The van der Waals surface area contributed by atoms with E-state index >= 15 is 0 Å². The van der Waals surface area contributed by atoms with Gasteiger partial charge >= 0.3 is 5.97 Å². The first-order valence-electron chi connectivity index (χ1n) is 6.73. The summed E-state index contributed by atoms with van der Waals surface area (Å²) in [6, 6.07) is 0.0539. The van der Waals surface area contributed by atoms with E-state index in [2.05, 4.69) is 4.37 Å². The fourth-order valence-corrected chi connectivity index (χ4v) is 2.86. The first-order valence-corrected chi connectivity index (χ1v) is 7.50. The maximum atomic E-state index is 12.1. The molecule has 0 bridgehead atoms. The highest BCUT2D eigenvalue weighted by Gasteiger charge is 2.27. The van der Waals surface area contributed by atoms with Gasteiger partial charge in [0.05, 0.1) is 25.9 Å². The number of nitrogens with two attached hydrogens (primary N) is 1. The number of esters is 1. The molecule has 0 aliphatic carbocycles. The first-order chi connectivity index (χ1) is 10.1. The Morgan fingerprint density at radius 2 is 2.14 bits per heavy atom. The molecule has 8 heteroatoms. The lowest BCUT2D eigenvalue weighted by Gasteiger charge is -2.29. The molecule has 1 unspecified atom stereocenters. The fraction of sp³-hybridized carbons (Fsp3) is 0.692. The summed E-state index contributed by atoms with van der Waals surface area (Å²) >= 11 is 1.18. The summed E-state index contributed by atoms with van der Waals surface area (Å²) in [5.74, 6) is -0.258. The Bertz CT molecular complexity index is 453. The van der Waals surface area contributed by atoms with Gasteiger partial charge in [-0.1, -0.05) is 0 Å². The summed E-state index contributed by atoms with van der Waals surface area (Å²) in [5.41, 5.74) is 6.14. The van der Waals surface area contributed by atoms with Gasteiger partial charge in [0, 0.05) is 20.8 Å². The van der Waals surface area contributed by atoms with E-state index in [-0.39, 0.29) is 11.9 Å². The van der Waals surface area contributed by atoms with Gasteiger partial charge in [-0.15, -0.1) is 0 Å². The summed E-state index contributed by atoms with van der Waals surface area (Å²) in [7, 11) is 3.27. The molecule has 1 atom stereocenters. The molecule has 0 saturated heterocycles. The van der Waals surface area contributed by atoms with Crippen LogP contribution in [0.1, 0.15) is 24.2 Å². The van der Waals surface area contributed by atoms with E-state index in [1.54, 1.807) is 21.1 Å². The summed E-state index contributed by atoms with van der Waals surface area (Å²) < 4.78 is 19.5. The van der Waals surface area contributed by atoms with Crippen LogP contribution in [0.25, 0.3) is 0 Å². The molecule has 0 fully saturated rings. The lowest BCUT2D eigenvalue weighted by atomic mass is 10.2. The highest BCUT2D eigenvalue weighted by Crippen LogP contribution is 2.32. The molecule has 120 valence electrons. The van der Waals surface area contributed by atoms with Crippen molar-refractivity contribution in [1.82, 2.24) is 4.37 Å². The summed E-state index contributed by atoms with van der Waals surface area (Å²) in [6.07, 6.45) is 0. The monoisotopic (exact) mass is 317 g/mol. The second kappa shape index (κ2) is 8.81. The molecule has 0 radical (unpaired) electrons. The van der Waals surface area contributed by atoms with Crippen molar-refractivity contribution in [1.29, 1.82) is 0 Å². The van der Waals surface area contributed by atoms with Crippen LogP contribution in [-0.2, 0) is 14.2 Å². The van der Waals surface area contributed by atoms with E-state index in [0.717, 1.165) is 0 Å². The molecule has 0 spiro atoms. The maximum Gasteiger partial charge on any atom is 0.345 e. The van der Waals surface area contributed by atoms with Gasteiger partial charge in [0.1, 0.15) is 10.6 Å². The lowest BCUT2D eigenvalue weighted by molar-refractivity contribution is 0.0528. The molecule has 1 rings (SSSR count). The molecular formula is C13H23N3O4S. The van der Waals surface area contributed by atoms with E-state index in [1.807, 2.05) is 11.8 Å². The molecule has 1 aromatic rings. The van der Waals surface area contributed by atoms with Crippen molar-refractivity contribution in [3.05, 3.63) is 5.56 Å². The van der Waals surface area contributed by atoms with Gasteiger partial charge in [-0.2, -0.15) is 4.37 Å². The number of hydrogen-bond donors (Lipinski definition) is 1. The maximum absolute atomic E-state index is 12.1. The molecule has 0 aliphatic rings. The number of carbonyl (C=O) groups excluding carboxylic acids is 1. The van der Waals surface area contributed by atoms with E-state index in [1.165, 1.54) is 11.5 Å². The average Bonchev–Trinajstić information content (AvgIpc) is 2.82. The van der Waals surface area contributed by atoms with Gasteiger partial charge in [0.2, 0.25) is 0 Å². The van der Waals surface area contributed by atoms with Crippen molar-refractivity contribution in [2.45, 2.75) is 19.9 Å². The normalized spacial score (nSPS) is 12.2. The minimum atomic E-state index is -0.453. The van der Waals surface area contributed by atoms with Crippen molar-refractivity contribution >= 4 is 28.3 Å². The zero-order chi connectivity index (χ0) is 15.8. The van der Waals surface area contributed by atoms with Crippen LogP contribution in [-0.4, -0.2) is 57.0 Å². The average molecular weight is 317 g/mol. The molecule has 7 nitrogen and oxygen atoms in total. The Kier molecular flexibility index (Phi) is 7.41. The van der Waals surface area contributed by atoms with Gasteiger partial charge < -0.3 is 24.8 Å². The van der Waals surface area contributed by atoms with Crippen LogP contribution in [0.4, 0.5) is 10.8 Å². The van der Waals surface area contributed by atoms with Gasteiger partial charge in [0.25, 0.3) is 0 Å². The molecular weight excluding hydrogens is 294 g/mol. The lowest BCUT2D eigenvalue weighted by Crippen LogP contribution is -2.39. The molecule has 2 N–H and O–H groups in total. The third-order valence-corrected chi connectivity index (χ3v) is 3.82. The Hall–Kier alpha value is -1.38. The summed E-state index contributed by atoms with van der Waals surface area (Å²) in [5, 5.41) is 0.688. The number of aromatic nitrogens is 1. The van der Waals surface area contributed by atoms with Crippen molar-refractivity contribution in [3.8, 4) is 0 Å². The Morgan fingerprint density at radius 1 is 1.43 bits per heavy atom. The number of carbonyl (C=O) groups is 1. The third kappa shape index (κ3) is 4.55. The molecule has 1 heterocycles. The minimum absolute atomic E-state index is 0.0539. The number of rotatable bonds is 9. The second-order valence-electron chi connectivity index (χ2n) is 4.46. The van der Waals surface area contributed by atoms with Crippen LogP contribution in [0.15, 0.2) is 0 Å². The van der Waals surface area contributed by atoms with Crippen LogP contribution in [0.5, 0.6) is 0 Å². The van der Waals surface area contributed by atoms with E-state index in [0.29, 0.717) is 36.9 Å². The Morgan fingerprint density at radius 3 is 2.71 bits per heavy atom. The van der Waals surface area contributed by atoms with E-state index < -0.39 is 5.97 Å².